The lowest BCUT2D eigenvalue weighted by molar-refractivity contribution is 0.439. The van der Waals surface area contributed by atoms with E-state index in [2.05, 4.69) is 12.0 Å². The van der Waals surface area contributed by atoms with E-state index in [1.807, 2.05) is 6.92 Å². The summed E-state index contributed by atoms with van der Waals surface area (Å²) in [4.78, 5) is 11.5. The molecule has 1 aromatic rings. The Morgan fingerprint density at radius 1 is 1.53 bits per heavy atom. The lowest BCUT2D eigenvalue weighted by Crippen LogP contribution is -2.23. The predicted octanol–water partition coefficient (Wildman–Crippen LogP) is 2.21. The van der Waals surface area contributed by atoms with Crippen LogP contribution < -0.4 is 5.56 Å². The molecule has 0 aliphatic heterocycles. The van der Waals surface area contributed by atoms with Crippen molar-refractivity contribution in [3.63, 3.8) is 0 Å². The summed E-state index contributed by atoms with van der Waals surface area (Å²) in [6, 6.07) is 1.61. The molecule has 3 nitrogen and oxygen atoms in total. The average molecular weight is 229 g/mol. The van der Waals surface area contributed by atoms with Gasteiger partial charge in [0.05, 0.1) is 6.20 Å². The first kappa shape index (κ1) is 12.2. The summed E-state index contributed by atoms with van der Waals surface area (Å²) in [6.07, 6.45) is 3.65. The van der Waals surface area contributed by atoms with Crippen molar-refractivity contribution in [2.45, 2.75) is 33.2 Å². The molecule has 0 aliphatic rings. The van der Waals surface area contributed by atoms with Gasteiger partial charge in [-0.1, -0.05) is 6.92 Å². The third kappa shape index (κ3) is 4.04. The normalized spacial score (nSPS) is 12.7. The molecule has 0 N–H and O–H groups in total. The highest BCUT2D eigenvalue weighted by Gasteiger charge is 2.03. The summed E-state index contributed by atoms with van der Waals surface area (Å²) in [7, 11) is 0. The summed E-state index contributed by atoms with van der Waals surface area (Å²) in [6.45, 7) is 4.69. The minimum Gasteiger partial charge on any atom is -0.268 e. The van der Waals surface area contributed by atoms with Gasteiger partial charge in [0.25, 0.3) is 5.56 Å². The monoisotopic (exact) mass is 228 g/mol. The van der Waals surface area contributed by atoms with E-state index in [1.165, 1.54) is 4.68 Å². The van der Waals surface area contributed by atoms with Crippen LogP contribution in [0.3, 0.4) is 0 Å². The lowest BCUT2D eigenvalue weighted by atomic mass is 10.1. The summed E-state index contributed by atoms with van der Waals surface area (Å²) >= 11 is 5.65. The first-order chi connectivity index (χ1) is 7.13. The fraction of sp³-hybridized carbons (Fsp3) is 0.636. The van der Waals surface area contributed by atoms with Crippen LogP contribution in [0.5, 0.6) is 0 Å². The number of nitrogens with zero attached hydrogens (tertiary/aromatic N) is 2. The molecule has 0 fully saturated rings. The van der Waals surface area contributed by atoms with Crippen molar-refractivity contribution in [3.8, 4) is 0 Å². The maximum absolute atomic E-state index is 11.5. The summed E-state index contributed by atoms with van der Waals surface area (Å²) in [5, 5.41) is 4.08. The molecule has 84 valence electrons. The fourth-order valence-corrected chi connectivity index (χ4v) is 1.74. The van der Waals surface area contributed by atoms with Crippen LogP contribution in [0.25, 0.3) is 0 Å². The molecule has 4 heteroatoms. The summed E-state index contributed by atoms with van der Waals surface area (Å²) in [5.41, 5.74) is 0.887. The Balaban J connectivity index is 2.54. The van der Waals surface area contributed by atoms with Crippen molar-refractivity contribution >= 4 is 11.6 Å². The van der Waals surface area contributed by atoms with Crippen LogP contribution in [0.15, 0.2) is 17.1 Å². The number of halogens is 1. The highest BCUT2D eigenvalue weighted by molar-refractivity contribution is 6.17. The van der Waals surface area contributed by atoms with E-state index >= 15 is 0 Å². The van der Waals surface area contributed by atoms with E-state index in [0.717, 1.165) is 18.4 Å². The van der Waals surface area contributed by atoms with Crippen molar-refractivity contribution in [3.05, 3.63) is 28.2 Å². The number of aromatic nitrogens is 2. The van der Waals surface area contributed by atoms with Gasteiger partial charge in [0.15, 0.2) is 0 Å². The standard InChI is InChI=1S/C11H17ClN2O/c1-9(3-5-12)4-6-14-11(15)7-10(2)8-13-14/h7-9H,3-6H2,1-2H3. The van der Waals surface area contributed by atoms with Crippen molar-refractivity contribution in [1.29, 1.82) is 0 Å². The molecule has 0 spiro atoms. The molecule has 1 unspecified atom stereocenters. The molecule has 15 heavy (non-hydrogen) atoms. The molecule has 0 aromatic carbocycles. The third-order valence-corrected chi connectivity index (χ3v) is 2.66. The highest BCUT2D eigenvalue weighted by atomic mass is 35.5. The van der Waals surface area contributed by atoms with Crippen LogP contribution in [-0.4, -0.2) is 15.7 Å². The van der Waals surface area contributed by atoms with Gasteiger partial charge in [-0.25, -0.2) is 4.68 Å². The van der Waals surface area contributed by atoms with E-state index in [1.54, 1.807) is 12.3 Å². The van der Waals surface area contributed by atoms with Gasteiger partial charge >= 0.3 is 0 Å². The van der Waals surface area contributed by atoms with Gasteiger partial charge in [0, 0.05) is 18.5 Å². The number of hydrogen-bond donors (Lipinski definition) is 0. The third-order valence-electron chi connectivity index (χ3n) is 2.44. The molecule has 0 saturated heterocycles. The van der Waals surface area contributed by atoms with Crippen molar-refractivity contribution < 1.29 is 0 Å². The van der Waals surface area contributed by atoms with Crippen molar-refractivity contribution in [1.82, 2.24) is 9.78 Å². The van der Waals surface area contributed by atoms with Crippen LogP contribution in [0.2, 0.25) is 0 Å². The van der Waals surface area contributed by atoms with Gasteiger partial charge in [-0.05, 0) is 31.2 Å². The number of aryl methyl sites for hydroxylation is 2. The van der Waals surface area contributed by atoms with Crippen LogP contribution in [0, 0.1) is 12.8 Å². The van der Waals surface area contributed by atoms with E-state index in [-0.39, 0.29) is 5.56 Å². The van der Waals surface area contributed by atoms with Gasteiger partial charge in [-0.15, -0.1) is 11.6 Å². The van der Waals surface area contributed by atoms with Gasteiger partial charge in [-0.2, -0.15) is 5.10 Å². The molecular formula is C11H17ClN2O. The largest absolute Gasteiger partial charge is 0.268 e. The van der Waals surface area contributed by atoms with Crippen LogP contribution >= 0.6 is 11.6 Å². The van der Waals surface area contributed by atoms with Gasteiger partial charge in [0.2, 0.25) is 0 Å². The minimum atomic E-state index is -0.0203. The van der Waals surface area contributed by atoms with Crippen LogP contribution in [0.1, 0.15) is 25.3 Å². The molecule has 0 aliphatic carbocycles. The number of alkyl halides is 1. The van der Waals surface area contributed by atoms with Crippen molar-refractivity contribution in [2.24, 2.45) is 5.92 Å². The highest BCUT2D eigenvalue weighted by Crippen LogP contribution is 2.08. The maximum atomic E-state index is 11.5. The van der Waals surface area contributed by atoms with Gasteiger partial charge in [0.1, 0.15) is 0 Å². The molecule has 1 atom stereocenters. The topological polar surface area (TPSA) is 34.9 Å². The maximum Gasteiger partial charge on any atom is 0.266 e. The second-order valence-electron chi connectivity index (χ2n) is 3.97. The zero-order valence-electron chi connectivity index (χ0n) is 9.24. The Hall–Kier alpha value is -0.830. The van der Waals surface area contributed by atoms with Crippen LogP contribution in [-0.2, 0) is 6.54 Å². The van der Waals surface area contributed by atoms with Crippen LogP contribution in [0.4, 0.5) is 0 Å². The molecule has 0 saturated carbocycles. The average Bonchev–Trinajstić information content (AvgIpc) is 2.17. The molecule has 0 radical (unpaired) electrons. The molecule has 1 aromatic heterocycles. The van der Waals surface area contributed by atoms with Crippen molar-refractivity contribution in [2.75, 3.05) is 5.88 Å². The Kier molecular flexibility index (Phi) is 4.82. The van der Waals surface area contributed by atoms with Gasteiger partial charge < -0.3 is 0 Å². The Morgan fingerprint density at radius 2 is 2.27 bits per heavy atom. The summed E-state index contributed by atoms with van der Waals surface area (Å²) in [5.74, 6) is 1.22. The van der Waals surface area contributed by atoms with E-state index in [4.69, 9.17) is 11.6 Å². The smallest absolute Gasteiger partial charge is 0.266 e. The first-order valence-electron chi connectivity index (χ1n) is 5.23. The number of rotatable bonds is 5. The summed E-state index contributed by atoms with van der Waals surface area (Å²) < 4.78 is 1.51. The van der Waals surface area contributed by atoms with E-state index in [0.29, 0.717) is 18.3 Å². The molecule has 1 heterocycles. The Bertz CT molecular complexity index is 362. The second kappa shape index (κ2) is 5.91. The molecule has 0 bridgehead atoms. The number of hydrogen-bond acceptors (Lipinski definition) is 2. The zero-order chi connectivity index (χ0) is 11.3. The first-order valence-corrected chi connectivity index (χ1v) is 5.76. The predicted molar refractivity (Wildman–Crippen MR) is 62.4 cm³/mol. The fourth-order valence-electron chi connectivity index (χ4n) is 1.37. The SMILES string of the molecule is Cc1cnn(CCC(C)CCCl)c(=O)c1. The quantitative estimate of drug-likeness (QED) is 0.725. The Morgan fingerprint density at radius 3 is 2.87 bits per heavy atom. The second-order valence-corrected chi connectivity index (χ2v) is 4.34. The minimum absolute atomic E-state index is 0.0203. The lowest BCUT2D eigenvalue weighted by Gasteiger charge is -2.09. The van der Waals surface area contributed by atoms with E-state index in [9.17, 15) is 4.79 Å². The molecule has 1 rings (SSSR count). The zero-order valence-corrected chi connectivity index (χ0v) is 10.00. The molecule has 0 amide bonds. The van der Waals surface area contributed by atoms with E-state index < -0.39 is 0 Å². The Labute approximate surface area is 95.1 Å². The van der Waals surface area contributed by atoms with Gasteiger partial charge in [-0.3, -0.25) is 4.79 Å². The molecular weight excluding hydrogens is 212 g/mol.